The molecule has 2 aromatic carbocycles. The van der Waals surface area contributed by atoms with E-state index in [-0.39, 0.29) is 6.61 Å². The molecule has 0 atom stereocenters. The first-order valence-corrected chi connectivity index (χ1v) is 10.3. The van der Waals surface area contributed by atoms with Crippen LogP contribution in [0.15, 0.2) is 48.5 Å². The Hall–Kier alpha value is -2.08. The van der Waals surface area contributed by atoms with Crippen LogP contribution in [-0.4, -0.2) is 49.8 Å². The minimum Gasteiger partial charge on any atom is -0.497 e. The van der Waals surface area contributed by atoms with Gasteiger partial charge in [0, 0.05) is 53.4 Å². The summed E-state index contributed by atoms with van der Waals surface area (Å²) in [6.07, 6.45) is 1.07. The SMILES string of the molecule is COc1ccc(CCN2CCN(c3cccc4sc(CO)cc34)CC2)cc1. The number of aliphatic hydroxyl groups is 1. The minimum atomic E-state index is 0.123. The van der Waals surface area contributed by atoms with E-state index in [4.69, 9.17) is 4.74 Å². The fourth-order valence-electron chi connectivity index (χ4n) is 3.74. The molecule has 0 spiro atoms. The van der Waals surface area contributed by atoms with Crippen LogP contribution in [0.3, 0.4) is 0 Å². The molecule has 27 heavy (non-hydrogen) atoms. The van der Waals surface area contributed by atoms with E-state index in [0.717, 1.165) is 49.8 Å². The van der Waals surface area contributed by atoms with E-state index in [2.05, 4.69) is 46.2 Å². The molecule has 4 nitrogen and oxygen atoms in total. The summed E-state index contributed by atoms with van der Waals surface area (Å²) in [5.74, 6) is 0.916. The van der Waals surface area contributed by atoms with Crippen LogP contribution < -0.4 is 9.64 Å². The summed E-state index contributed by atoms with van der Waals surface area (Å²) in [4.78, 5) is 6.07. The highest BCUT2D eigenvalue weighted by molar-refractivity contribution is 7.19. The topological polar surface area (TPSA) is 35.9 Å². The first-order valence-electron chi connectivity index (χ1n) is 9.49. The van der Waals surface area contributed by atoms with Gasteiger partial charge in [-0.2, -0.15) is 0 Å². The maximum Gasteiger partial charge on any atom is 0.118 e. The van der Waals surface area contributed by atoms with Gasteiger partial charge in [-0.15, -0.1) is 11.3 Å². The number of fused-ring (bicyclic) bond motifs is 1. The van der Waals surface area contributed by atoms with E-state index in [1.54, 1.807) is 18.4 Å². The lowest BCUT2D eigenvalue weighted by Crippen LogP contribution is -2.47. The predicted molar refractivity (Wildman–Crippen MR) is 113 cm³/mol. The number of aliphatic hydroxyl groups excluding tert-OH is 1. The maximum atomic E-state index is 9.44. The van der Waals surface area contributed by atoms with Crippen molar-refractivity contribution in [3.63, 3.8) is 0 Å². The number of anilines is 1. The summed E-state index contributed by atoms with van der Waals surface area (Å²) < 4.78 is 6.49. The molecular weight excluding hydrogens is 356 g/mol. The highest BCUT2D eigenvalue weighted by atomic mass is 32.1. The second-order valence-corrected chi connectivity index (χ2v) is 8.15. The number of thiophene rings is 1. The number of hydrogen-bond acceptors (Lipinski definition) is 5. The van der Waals surface area contributed by atoms with Gasteiger partial charge >= 0.3 is 0 Å². The quantitative estimate of drug-likeness (QED) is 0.704. The second kappa shape index (κ2) is 8.30. The minimum absolute atomic E-state index is 0.123. The Morgan fingerprint density at radius 2 is 1.81 bits per heavy atom. The zero-order valence-electron chi connectivity index (χ0n) is 15.7. The zero-order chi connectivity index (χ0) is 18.6. The van der Waals surface area contributed by atoms with Crippen molar-refractivity contribution in [2.24, 2.45) is 0 Å². The lowest BCUT2D eigenvalue weighted by molar-refractivity contribution is 0.261. The number of ether oxygens (including phenoxy) is 1. The normalized spacial score (nSPS) is 15.4. The molecule has 1 N–H and O–H groups in total. The molecule has 1 saturated heterocycles. The van der Waals surface area contributed by atoms with Gasteiger partial charge in [0.1, 0.15) is 5.75 Å². The molecule has 1 aromatic heterocycles. The van der Waals surface area contributed by atoms with E-state index in [1.807, 2.05) is 12.1 Å². The fourth-order valence-corrected chi connectivity index (χ4v) is 4.69. The summed E-state index contributed by atoms with van der Waals surface area (Å²) in [7, 11) is 1.70. The number of hydrogen-bond donors (Lipinski definition) is 1. The highest BCUT2D eigenvalue weighted by Crippen LogP contribution is 2.33. The average molecular weight is 383 g/mol. The van der Waals surface area contributed by atoms with E-state index >= 15 is 0 Å². The summed E-state index contributed by atoms with van der Waals surface area (Å²) in [6, 6.07) is 17.0. The van der Waals surface area contributed by atoms with Gasteiger partial charge in [0.05, 0.1) is 13.7 Å². The second-order valence-electron chi connectivity index (χ2n) is 6.99. The Kier molecular flexibility index (Phi) is 5.62. The zero-order valence-corrected chi connectivity index (χ0v) is 16.5. The van der Waals surface area contributed by atoms with Crippen LogP contribution in [0, 0.1) is 0 Å². The molecule has 2 heterocycles. The third-order valence-corrected chi connectivity index (χ3v) is 6.42. The number of methoxy groups -OCH3 is 1. The van der Waals surface area contributed by atoms with E-state index in [9.17, 15) is 5.11 Å². The Balaban J connectivity index is 1.35. The van der Waals surface area contributed by atoms with Gasteiger partial charge in [-0.1, -0.05) is 18.2 Å². The Morgan fingerprint density at radius 3 is 2.52 bits per heavy atom. The Bertz CT molecular complexity index is 883. The summed E-state index contributed by atoms with van der Waals surface area (Å²) in [6.45, 7) is 5.49. The van der Waals surface area contributed by atoms with E-state index in [0.29, 0.717) is 0 Å². The van der Waals surface area contributed by atoms with Crippen LogP contribution >= 0.6 is 11.3 Å². The molecule has 3 aromatic rings. The molecule has 0 amide bonds. The van der Waals surface area contributed by atoms with Gasteiger partial charge < -0.3 is 14.7 Å². The monoisotopic (exact) mass is 382 g/mol. The van der Waals surface area contributed by atoms with E-state index in [1.165, 1.54) is 21.3 Å². The summed E-state index contributed by atoms with van der Waals surface area (Å²) in [5.41, 5.74) is 2.66. The molecule has 1 aliphatic heterocycles. The average Bonchev–Trinajstić information content (AvgIpc) is 3.16. The van der Waals surface area contributed by atoms with Crippen molar-refractivity contribution < 1.29 is 9.84 Å². The molecular formula is C22H26N2O2S. The van der Waals surface area contributed by atoms with Crippen molar-refractivity contribution in [3.8, 4) is 5.75 Å². The standard InChI is InChI=1S/C22H26N2O2S/c1-26-18-7-5-17(6-8-18)9-10-23-11-13-24(14-12-23)21-3-2-4-22-20(21)15-19(16-25)27-22/h2-8,15,25H,9-14,16H2,1H3. The molecule has 4 rings (SSSR count). The number of piperazine rings is 1. The van der Waals surface area contributed by atoms with E-state index < -0.39 is 0 Å². The molecule has 5 heteroatoms. The molecule has 1 fully saturated rings. The van der Waals surface area contributed by atoms with Crippen LogP contribution in [0.5, 0.6) is 5.75 Å². The first kappa shape index (κ1) is 18.3. The number of rotatable bonds is 6. The summed E-state index contributed by atoms with van der Waals surface area (Å²) >= 11 is 1.69. The molecule has 0 radical (unpaired) electrons. The third-order valence-electron chi connectivity index (χ3n) is 5.33. The third kappa shape index (κ3) is 4.10. The lowest BCUT2D eigenvalue weighted by atomic mass is 10.1. The van der Waals surface area contributed by atoms with Crippen molar-refractivity contribution >= 4 is 27.1 Å². The van der Waals surface area contributed by atoms with Crippen LogP contribution in [0.2, 0.25) is 0 Å². The lowest BCUT2D eigenvalue weighted by Gasteiger charge is -2.36. The fraction of sp³-hybridized carbons (Fsp3) is 0.364. The molecule has 142 valence electrons. The van der Waals surface area contributed by atoms with Crippen LogP contribution in [-0.2, 0) is 13.0 Å². The van der Waals surface area contributed by atoms with Crippen molar-refractivity contribution in [1.82, 2.24) is 4.90 Å². The number of nitrogens with zero attached hydrogens (tertiary/aromatic N) is 2. The summed E-state index contributed by atoms with van der Waals surface area (Å²) in [5, 5.41) is 10.7. The van der Waals surface area contributed by atoms with Gasteiger partial charge in [0.15, 0.2) is 0 Å². The molecule has 0 saturated carbocycles. The first-order chi connectivity index (χ1) is 13.3. The van der Waals surface area contributed by atoms with Crippen LogP contribution in [0.1, 0.15) is 10.4 Å². The largest absolute Gasteiger partial charge is 0.497 e. The van der Waals surface area contributed by atoms with Crippen molar-refractivity contribution in [2.75, 3.05) is 44.7 Å². The highest BCUT2D eigenvalue weighted by Gasteiger charge is 2.19. The molecule has 0 unspecified atom stereocenters. The van der Waals surface area contributed by atoms with Crippen LogP contribution in [0.4, 0.5) is 5.69 Å². The van der Waals surface area contributed by atoms with Gasteiger partial charge in [-0.05, 0) is 42.3 Å². The Labute approximate surface area is 164 Å². The van der Waals surface area contributed by atoms with Gasteiger partial charge in [-0.25, -0.2) is 0 Å². The Morgan fingerprint density at radius 1 is 1.04 bits per heavy atom. The van der Waals surface area contributed by atoms with Crippen molar-refractivity contribution in [3.05, 3.63) is 59.0 Å². The molecule has 0 aliphatic carbocycles. The van der Waals surface area contributed by atoms with Crippen molar-refractivity contribution in [1.29, 1.82) is 0 Å². The van der Waals surface area contributed by atoms with Gasteiger partial charge in [0.25, 0.3) is 0 Å². The number of benzene rings is 2. The predicted octanol–water partition coefficient (Wildman–Crippen LogP) is 3.77. The smallest absolute Gasteiger partial charge is 0.118 e. The maximum absolute atomic E-state index is 9.44. The van der Waals surface area contributed by atoms with Crippen LogP contribution in [0.25, 0.3) is 10.1 Å². The van der Waals surface area contributed by atoms with Gasteiger partial charge in [-0.3, -0.25) is 4.90 Å². The molecule has 0 bridgehead atoms. The van der Waals surface area contributed by atoms with Crippen molar-refractivity contribution in [2.45, 2.75) is 13.0 Å². The molecule has 1 aliphatic rings. The van der Waals surface area contributed by atoms with Gasteiger partial charge in [0.2, 0.25) is 0 Å².